The van der Waals surface area contributed by atoms with E-state index in [9.17, 15) is 9.90 Å². The molecule has 1 atom stereocenters. The van der Waals surface area contributed by atoms with Crippen molar-refractivity contribution in [1.82, 2.24) is 10.3 Å². The maximum absolute atomic E-state index is 11.8. The Kier molecular flexibility index (Phi) is 7.40. The van der Waals surface area contributed by atoms with E-state index in [2.05, 4.69) is 20.9 Å². The molecule has 10 heteroatoms. The van der Waals surface area contributed by atoms with E-state index >= 15 is 0 Å². The normalized spacial score (nSPS) is 11.7. The largest absolute Gasteiger partial charge is 0.389 e. The molecule has 0 saturated carbocycles. The van der Waals surface area contributed by atoms with Crippen molar-refractivity contribution in [2.75, 3.05) is 23.7 Å². The third-order valence-electron chi connectivity index (χ3n) is 3.04. The molecule has 0 fully saturated rings. The number of urea groups is 1. The Morgan fingerprint density at radius 2 is 1.72 bits per heavy atom. The molecule has 0 saturated heterocycles. The second kappa shape index (κ2) is 9.31. The number of hydrogen-bond acceptors (Lipinski definition) is 4. The average Bonchev–Trinajstić information content (AvgIpc) is 2.56. The van der Waals surface area contributed by atoms with Crippen LogP contribution < -0.4 is 16.0 Å². The number of benzene rings is 1. The molecule has 0 aliphatic carbocycles. The van der Waals surface area contributed by atoms with Crippen molar-refractivity contribution < 1.29 is 9.90 Å². The van der Waals surface area contributed by atoms with Gasteiger partial charge in [0.25, 0.3) is 0 Å². The Morgan fingerprint density at radius 1 is 1.04 bits per heavy atom. The number of hydrogen-bond donors (Lipinski definition) is 4. The summed E-state index contributed by atoms with van der Waals surface area (Å²) in [6.45, 7) is 0.150. The van der Waals surface area contributed by atoms with E-state index in [1.165, 1.54) is 18.5 Å². The molecule has 0 aliphatic heterocycles. The van der Waals surface area contributed by atoms with Crippen LogP contribution in [0.3, 0.4) is 0 Å². The molecule has 1 heterocycles. The maximum atomic E-state index is 11.8. The second-order valence-electron chi connectivity index (χ2n) is 4.98. The first-order valence-electron chi connectivity index (χ1n) is 7.07. The third kappa shape index (κ3) is 6.09. The molecule has 1 aromatic carbocycles. The predicted octanol–water partition coefficient (Wildman–Crippen LogP) is 4.29. The zero-order valence-electron chi connectivity index (χ0n) is 12.7. The Labute approximate surface area is 164 Å². The third-order valence-corrected chi connectivity index (χ3v) is 4.36. The fourth-order valence-electron chi connectivity index (χ4n) is 1.83. The smallest absolute Gasteiger partial charge is 0.319 e. The minimum absolute atomic E-state index is 0.0144. The number of aliphatic hydroxyl groups is 1. The molecule has 2 rings (SSSR count). The van der Waals surface area contributed by atoms with Crippen LogP contribution in [0.1, 0.15) is 0 Å². The summed E-state index contributed by atoms with van der Waals surface area (Å²) in [7, 11) is 0. The monoisotopic (exact) mass is 422 g/mol. The summed E-state index contributed by atoms with van der Waals surface area (Å²) >= 11 is 23.6. The molecule has 1 aromatic heterocycles. The van der Waals surface area contributed by atoms with Crippen LogP contribution in [0, 0.1) is 0 Å². The van der Waals surface area contributed by atoms with Gasteiger partial charge in [0, 0.05) is 31.2 Å². The second-order valence-corrected chi connectivity index (χ2v) is 6.61. The highest BCUT2D eigenvalue weighted by Gasteiger charge is 2.11. The van der Waals surface area contributed by atoms with Crippen molar-refractivity contribution in [2.45, 2.75) is 6.10 Å². The van der Waals surface area contributed by atoms with Crippen molar-refractivity contribution in [3.8, 4) is 0 Å². The first-order valence-corrected chi connectivity index (χ1v) is 8.59. The molecule has 134 valence electrons. The van der Waals surface area contributed by atoms with Gasteiger partial charge in [0.05, 0.1) is 31.9 Å². The standard InChI is InChI=1S/C15H14Cl4N4O2/c16-10-2-1-8(3-11(10)17)23-15(25)22-5-9(24)4-21-14-12(18)6-20-7-13(14)19/h1-3,6-7,9,24H,4-5H2,(H,20,21)(H2,22,23,25). The van der Waals surface area contributed by atoms with E-state index < -0.39 is 12.1 Å². The topological polar surface area (TPSA) is 86.3 Å². The summed E-state index contributed by atoms with van der Waals surface area (Å²) in [5.74, 6) is 0. The van der Waals surface area contributed by atoms with Crippen molar-refractivity contribution >= 4 is 63.8 Å². The van der Waals surface area contributed by atoms with Gasteiger partial charge in [-0.25, -0.2) is 4.79 Å². The zero-order chi connectivity index (χ0) is 18.4. The summed E-state index contributed by atoms with van der Waals surface area (Å²) in [6.07, 6.45) is 2.01. The highest BCUT2D eigenvalue weighted by Crippen LogP contribution is 2.28. The first-order chi connectivity index (χ1) is 11.9. The lowest BCUT2D eigenvalue weighted by molar-refractivity contribution is 0.184. The predicted molar refractivity (Wildman–Crippen MR) is 102 cm³/mol. The molecule has 0 aliphatic rings. The molecule has 25 heavy (non-hydrogen) atoms. The lowest BCUT2D eigenvalue weighted by Gasteiger charge is -2.15. The van der Waals surface area contributed by atoms with E-state index in [4.69, 9.17) is 46.4 Å². The van der Waals surface area contributed by atoms with E-state index in [1.807, 2.05) is 0 Å². The van der Waals surface area contributed by atoms with Crippen molar-refractivity contribution in [3.05, 3.63) is 50.7 Å². The number of carbonyl (C=O) groups is 1. The Hall–Kier alpha value is -1.44. The molecular weight excluding hydrogens is 410 g/mol. The van der Waals surface area contributed by atoms with Gasteiger partial charge in [0.2, 0.25) is 0 Å². The number of amides is 2. The van der Waals surface area contributed by atoms with Gasteiger partial charge in [0.15, 0.2) is 0 Å². The van der Waals surface area contributed by atoms with Crippen LogP contribution in [0.15, 0.2) is 30.6 Å². The SMILES string of the molecule is O=C(NCC(O)CNc1c(Cl)cncc1Cl)Nc1ccc(Cl)c(Cl)c1. The van der Waals surface area contributed by atoms with Crippen molar-refractivity contribution in [3.63, 3.8) is 0 Å². The molecular formula is C15H14Cl4N4O2. The van der Waals surface area contributed by atoms with Gasteiger partial charge >= 0.3 is 6.03 Å². The van der Waals surface area contributed by atoms with Gasteiger partial charge in [-0.1, -0.05) is 46.4 Å². The van der Waals surface area contributed by atoms with Crippen LogP contribution in [-0.2, 0) is 0 Å². The fourth-order valence-corrected chi connectivity index (χ4v) is 2.63. The average molecular weight is 424 g/mol. The minimum Gasteiger partial charge on any atom is -0.389 e. The first kappa shape index (κ1) is 19.9. The number of aliphatic hydroxyl groups excluding tert-OH is 1. The Morgan fingerprint density at radius 3 is 2.36 bits per heavy atom. The summed E-state index contributed by atoms with van der Waals surface area (Å²) in [5, 5.41) is 19.4. The van der Waals surface area contributed by atoms with Crippen LogP contribution in [0.4, 0.5) is 16.2 Å². The molecule has 2 aromatic rings. The Bertz CT molecular complexity index is 740. The number of halogens is 4. The van der Waals surface area contributed by atoms with Gasteiger partial charge in [0.1, 0.15) is 0 Å². The number of carbonyl (C=O) groups excluding carboxylic acids is 1. The van der Waals surface area contributed by atoms with E-state index in [-0.39, 0.29) is 13.1 Å². The van der Waals surface area contributed by atoms with E-state index in [1.54, 1.807) is 12.1 Å². The lowest BCUT2D eigenvalue weighted by atomic mass is 10.3. The quantitative estimate of drug-likeness (QED) is 0.558. The summed E-state index contributed by atoms with van der Waals surface area (Å²) in [6, 6.07) is 4.21. The van der Waals surface area contributed by atoms with Gasteiger partial charge < -0.3 is 21.1 Å². The van der Waals surface area contributed by atoms with E-state index in [0.29, 0.717) is 31.5 Å². The van der Waals surface area contributed by atoms with Gasteiger partial charge in [-0.05, 0) is 18.2 Å². The van der Waals surface area contributed by atoms with Crippen LogP contribution in [-0.4, -0.2) is 35.3 Å². The van der Waals surface area contributed by atoms with E-state index in [0.717, 1.165) is 0 Å². The molecule has 2 amide bonds. The summed E-state index contributed by atoms with van der Waals surface area (Å²) < 4.78 is 0. The number of anilines is 2. The summed E-state index contributed by atoms with van der Waals surface area (Å²) in [5.41, 5.74) is 0.951. The Balaban J connectivity index is 1.78. The molecule has 4 N–H and O–H groups in total. The van der Waals surface area contributed by atoms with Crippen LogP contribution in [0.25, 0.3) is 0 Å². The van der Waals surface area contributed by atoms with Gasteiger partial charge in [-0.3, -0.25) is 4.98 Å². The van der Waals surface area contributed by atoms with Gasteiger partial charge in [-0.2, -0.15) is 0 Å². The fraction of sp³-hybridized carbons (Fsp3) is 0.200. The molecule has 0 bridgehead atoms. The molecule has 0 radical (unpaired) electrons. The van der Waals surface area contributed by atoms with Gasteiger partial charge in [-0.15, -0.1) is 0 Å². The summed E-state index contributed by atoms with van der Waals surface area (Å²) in [4.78, 5) is 15.6. The maximum Gasteiger partial charge on any atom is 0.319 e. The number of nitrogens with zero attached hydrogens (tertiary/aromatic N) is 1. The minimum atomic E-state index is -0.861. The van der Waals surface area contributed by atoms with Crippen LogP contribution >= 0.6 is 46.4 Å². The number of pyridine rings is 1. The molecule has 6 nitrogen and oxygen atoms in total. The molecule has 1 unspecified atom stereocenters. The van der Waals surface area contributed by atoms with Crippen molar-refractivity contribution in [1.29, 1.82) is 0 Å². The molecule has 0 spiro atoms. The van der Waals surface area contributed by atoms with Crippen molar-refractivity contribution in [2.24, 2.45) is 0 Å². The number of nitrogens with one attached hydrogen (secondary N) is 3. The zero-order valence-corrected chi connectivity index (χ0v) is 15.7. The van der Waals surface area contributed by atoms with Crippen LogP contribution in [0.2, 0.25) is 20.1 Å². The van der Waals surface area contributed by atoms with Crippen LogP contribution in [0.5, 0.6) is 0 Å². The number of aromatic nitrogens is 1. The lowest BCUT2D eigenvalue weighted by Crippen LogP contribution is -2.38. The highest BCUT2D eigenvalue weighted by atomic mass is 35.5. The highest BCUT2D eigenvalue weighted by molar-refractivity contribution is 6.42. The number of rotatable bonds is 6.